The van der Waals surface area contributed by atoms with Crippen molar-refractivity contribution in [2.24, 2.45) is 5.92 Å². The summed E-state index contributed by atoms with van der Waals surface area (Å²) in [5.41, 5.74) is 2.97. The molecule has 1 aromatic heterocycles. The summed E-state index contributed by atoms with van der Waals surface area (Å²) in [6, 6.07) is 11.6. The Morgan fingerprint density at radius 2 is 1.72 bits per heavy atom. The summed E-state index contributed by atoms with van der Waals surface area (Å²) in [6.07, 6.45) is 0.804. The van der Waals surface area contributed by atoms with Crippen LogP contribution in [0.2, 0.25) is 15.1 Å². The number of nitrogens with one attached hydrogen (secondary N) is 2. The van der Waals surface area contributed by atoms with E-state index in [-0.39, 0.29) is 6.04 Å². The predicted octanol–water partition coefficient (Wildman–Crippen LogP) is 5.88. The van der Waals surface area contributed by atoms with Crippen LogP contribution in [0.15, 0.2) is 36.4 Å². The van der Waals surface area contributed by atoms with Crippen LogP contribution in [0, 0.1) is 5.92 Å². The van der Waals surface area contributed by atoms with E-state index >= 15 is 0 Å². The van der Waals surface area contributed by atoms with Crippen LogP contribution in [0.1, 0.15) is 25.2 Å². The van der Waals surface area contributed by atoms with Gasteiger partial charge in [0.15, 0.2) is 0 Å². The van der Waals surface area contributed by atoms with Gasteiger partial charge < -0.3 is 10.3 Å². The molecule has 3 rings (SSSR count). The summed E-state index contributed by atoms with van der Waals surface area (Å²) in [4.78, 5) is 8.02. The summed E-state index contributed by atoms with van der Waals surface area (Å²) in [5, 5.41) is 5.60. The molecule has 0 bridgehead atoms. The highest BCUT2D eigenvalue weighted by atomic mass is 35.5. The Hall–Kier alpha value is -1.26. The van der Waals surface area contributed by atoms with Crippen LogP contribution >= 0.6 is 34.8 Å². The summed E-state index contributed by atoms with van der Waals surface area (Å²) in [7, 11) is 0. The minimum Gasteiger partial charge on any atom is -0.342 e. The molecule has 0 unspecified atom stereocenters. The van der Waals surface area contributed by atoms with E-state index in [0.717, 1.165) is 28.8 Å². The molecular weight excluding hydrogens is 377 g/mol. The van der Waals surface area contributed by atoms with Crippen LogP contribution in [-0.4, -0.2) is 16.0 Å². The number of aromatic nitrogens is 2. The highest BCUT2D eigenvalue weighted by Crippen LogP contribution is 2.21. The molecule has 25 heavy (non-hydrogen) atoms. The SMILES string of the molecule is CC(C)[C@@H](Cc1nc2ccc(Cl)cc2[nH]1)NCc1cc(Cl)cc(Cl)c1. The number of halogens is 3. The molecule has 132 valence electrons. The Balaban J connectivity index is 1.71. The van der Waals surface area contributed by atoms with Gasteiger partial charge in [0, 0.05) is 34.1 Å². The fourth-order valence-corrected chi connectivity index (χ4v) is 3.59. The van der Waals surface area contributed by atoms with Gasteiger partial charge in [-0.05, 0) is 47.9 Å². The lowest BCUT2D eigenvalue weighted by Gasteiger charge is -2.21. The van der Waals surface area contributed by atoms with E-state index in [1.165, 1.54) is 0 Å². The first-order valence-corrected chi connectivity index (χ1v) is 9.36. The van der Waals surface area contributed by atoms with Gasteiger partial charge in [0.1, 0.15) is 5.82 Å². The molecule has 0 radical (unpaired) electrons. The summed E-state index contributed by atoms with van der Waals surface area (Å²) in [5.74, 6) is 1.40. The zero-order valence-electron chi connectivity index (χ0n) is 14.1. The van der Waals surface area contributed by atoms with Crippen molar-refractivity contribution in [2.45, 2.75) is 32.9 Å². The minimum absolute atomic E-state index is 0.272. The maximum absolute atomic E-state index is 6.08. The number of hydrogen-bond donors (Lipinski definition) is 2. The van der Waals surface area contributed by atoms with Crippen molar-refractivity contribution in [3.05, 3.63) is 62.9 Å². The molecule has 6 heteroatoms. The number of nitrogens with zero attached hydrogens (tertiary/aromatic N) is 1. The van der Waals surface area contributed by atoms with Gasteiger partial charge >= 0.3 is 0 Å². The van der Waals surface area contributed by atoms with Gasteiger partial charge in [-0.25, -0.2) is 4.98 Å². The van der Waals surface area contributed by atoms with Gasteiger partial charge in [-0.2, -0.15) is 0 Å². The van der Waals surface area contributed by atoms with Gasteiger partial charge in [0.2, 0.25) is 0 Å². The van der Waals surface area contributed by atoms with Crippen LogP contribution in [0.5, 0.6) is 0 Å². The smallest absolute Gasteiger partial charge is 0.108 e. The monoisotopic (exact) mass is 395 g/mol. The summed E-state index contributed by atoms with van der Waals surface area (Å²) in [6.45, 7) is 5.10. The molecule has 0 aliphatic carbocycles. The van der Waals surface area contributed by atoms with Crippen LogP contribution < -0.4 is 5.32 Å². The van der Waals surface area contributed by atoms with Crippen molar-refractivity contribution in [2.75, 3.05) is 0 Å². The van der Waals surface area contributed by atoms with Crippen LogP contribution in [0.3, 0.4) is 0 Å². The van der Waals surface area contributed by atoms with E-state index in [1.807, 2.05) is 30.3 Å². The normalized spacial score (nSPS) is 12.9. The van der Waals surface area contributed by atoms with Gasteiger partial charge in [-0.3, -0.25) is 0 Å². The number of imidazole rings is 1. The van der Waals surface area contributed by atoms with Crippen molar-refractivity contribution in [3.8, 4) is 0 Å². The first-order chi connectivity index (χ1) is 11.9. The van der Waals surface area contributed by atoms with Crippen LogP contribution in [-0.2, 0) is 13.0 Å². The number of benzene rings is 2. The molecule has 0 aliphatic heterocycles. The van der Waals surface area contributed by atoms with Gasteiger partial charge in [-0.15, -0.1) is 0 Å². The minimum atomic E-state index is 0.272. The Morgan fingerprint density at radius 3 is 2.40 bits per heavy atom. The molecule has 0 aliphatic rings. The molecule has 0 spiro atoms. The predicted molar refractivity (Wildman–Crippen MR) is 107 cm³/mol. The second kappa shape index (κ2) is 7.96. The summed E-state index contributed by atoms with van der Waals surface area (Å²) < 4.78 is 0. The third-order valence-electron chi connectivity index (χ3n) is 4.20. The molecule has 1 heterocycles. The van der Waals surface area contributed by atoms with Crippen molar-refractivity contribution < 1.29 is 0 Å². The van der Waals surface area contributed by atoms with E-state index in [0.29, 0.717) is 27.5 Å². The number of aromatic amines is 1. The van der Waals surface area contributed by atoms with E-state index in [4.69, 9.17) is 34.8 Å². The van der Waals surface area contributed by atoms with E-state index in [2.05, 4.69) is 29.1 Å². The molecule has 0 saturated carbocycles. The van der Waals surface area contributed by atoms with Crippen LogP contribution in [0.25, 0.3) is 11.0 Å². The molecule has 1 atom stereocenters. The third-order valence-corrected chi connectivity index (χ3v) is 4.87. The molecule has 2 N–H and O–H groups in total. The summed E-state index contributed by atoms with van der Waals surface area (Å²) >= 11 is 18.2. The second-order valence-corrected chi connectivity index (χ2v) is 7.87. The number of H-pyrrole nitrogens is 1. The zero-order valence-corrected chi connectivity index (χ0v) is 16.4. The maximum atomic E-state index is 6.08. The molecule has 0 saturated heterocycles. The van der Waals surface area contributed by atoms with E-state index in [1.54, 1.807) is 6.07 Å². The average molecular weight is 397 g/mol. The Morgan fingerprint density at radius 1 is 1.00 bits per heavy atom. The van der Waals surface area contributed by atoms with E-state index in [9.17, 15) is 0 Å². The fourth-order valence-electron chi connectivity index (χ4n) is 2.85. The van der Waals surface area contributed by atoms with Gasteiger partial charge in [0.25, 0.3) is 0 Å². The lowest BCUT2D eigenvalue weighted by Crippen LogP contribution is -2.35. The highest BCUT2D eigenvalue weighted by molar-refractivity contribution is 6.34. The largest absolute Gasteiger partial charge is 0.342 e. The lowest BCUT2D eigenvalue weighted by molar-refractivity contribution is 0.390. The van der Waals surface area contributed by atoms with Crippen molar-refractivity contribution in [1.29, 1.82) is 0 Å². The molecule has 2 aromatic carbocycles. The lowest BCUT2D eigenvalue weighted by atomic mass is 10.00. The fraction of sp³-hybridized carbons (Fsp3) is 0.316. The standard InChI is InChI=1S/C19H20Cl3N3/c1-11(2)17(23-10-12-5-14(21)7-15(22)6-12)9-19-24-16-4-3-13(20)8-18(16)25-19/h3-8,11,17,23H,9-10H2,1-2H3,(H,24,25)/t17-/m1/s1. The number of rotatable bonds is 6. The molecule has 3 aromatic rings. The zero-order chi connectivity index (χ0) is 18.0. The Labute approximate surface area is 162 Å². The number of fused-ring (bicyclic) bond motifs is 1. The highest BCUT2D eigenvalue weighted by Gasteiger charge is 2.16. The third kappa shape index (κ3) is 4.89. The maximum Gasteiger partial charge on any atom is 0.108 e. The first-order valence-electron chi connectivity index (χ1n) is 8.23. The second-order valence-electron chi connectivity index (χ2n) is 6.56. The average Bonchev–Trinajstić information content (AvgIpc) is 2.91. The van der Waals surface area contributed by atoms with Gasteiger partial charge in [0.05, 0.1) is 11.0 Å². The molecule has 0 amide bonds. The number of hydrogen-bond acceptors (Lipinski definition) is 2. The van der Waals surface area contributed by atoms with Gasteiger partial charge in [-0.1, -0.05) is 48.7 Å². The molecule has 0 fully saturated rings. The van der Waals surface area contributed by atoms with E-state index < -0.39 is 0 Å². The molecule has 3 nitrogen and oxygen atoms in total. The topological polar surface area (TPSA) is 40.7 Å². The quantitative estimate of drug-likeness (QED) is 0.546. The van der Waals surface area contributed by atoms with Crippen molar-refractivity contribution in [1.82, 2.24) is 15.3 Å². The first kappa shape index (κ1) is 18.5. The Kier molecular flexibility index (Phi) is 5.90. The Bertz CT molecular complexity index is 853. The van der Waals surface area contributed by atoms with Crippen LogP contribution in [0.4, 0.5) is 0 Å². The van der Waals surface area contributed by atoms with Crippen molar-refractivity contribution in [3.63, 3.8) is 0 Å². The van der Waals surface area contributed by atoms with Crippen molar-refractivity contribution >= 4 is 45.8 Å². The molecular formula is C19H20Cl3N3.